The highest BCUT2D eigenvalue weighted by Gasteiger charge is 2.15. The Kier molecular flexibility index (Phi) is 3.63. The third-order valence-electron chi connectivity index (χ3n) is 3.80. The van der Waals surface area contributed by atoms with Crippen molar-refractivity contribution in [3.05, 3.63) is 39.9 Å². The lowest BCUT2D eigenvalue weighted by Crippen LogP contribution is -2.05. The number of hydrogen-bond donors (Lipinski definition) is 0. The van der Waals surface area contributed by atoms with Crippen molar-refractivity contribution >= 4 is 11.3 Å². The molecule has 3 aromatic heterocycles. The van der Waals surface area contributed by atoms with E-state index in [1.807, 2.05) is 26.4 Å². The summed E-state index contributed by atoms with van der Waals surface area (Å²) in [5.74, 6) is 1.80. The SMILES string of the molecule is CCc1csc(Cn2ccnc2-c2nc(C)c(C)n2C)n1. The highest BCUT2D eigenvalue weighted by atomic mass is 32.1. The molecule has 0 N–H and O–H groups in total. The van der Waals surface area contributed by atoms with Crippen LogP contribution in [-0.4, -0.2) is 24.1 Å². The molecule has 3 rings (SSSR count). The number of rotatable bonds is 4. The Morgan fingerprint density at radius 1 is 1.19 bits per heavy atom. The molecule has 0 aliphatic rings. The zero-order valence-electron chi connectivity index (χ0n) is 12.8. The Bertz CT molecular complexity index is 765. The van der Waals surface area contributed by atoms with E-state index < -0.39 is 0 Å². The van der Waals surface area contributed by atoms with Crippen LogP contribution in [0.2, 0.25) is 0 Å². The van der Waals surface area contributed by atoms with Gasteiger partial charge in [0.05, 0.1) is 17.9 Å². The second kappa shape index (κ2) is 5.44. The number of thiazole rings is 1. The fourth-order valence-corrected chi connectivity index (χ4v) is 3.16. The fraction of sp³-hybridized carbons (Fsp3) is 0.400. The van der Waals surface area contributed by atoms with E-state index in [1.54, 1.807) is 11.3 Å². The Hall–Kier alpha value is -1.95. The van der Waals surface area contributed by atoms with E-state index in [-0.39, 0.29) is 0 Å². The average Bonchev–Trinajstić information content (AvgIpc) is 3.17. The van der Waals surface area contributed by atoms with Gasteiger partial charge in [0, 0.05) is 30.5 Å². The molecule has 0 saturated heterocycles. The van der Waals surface area contributed by atoms with E-state index in [2.05, 4.69) is 43.3 Å². The van der Waals surface area contributed by atoms with Crippen molar-refractivity contribution in [1.29, 1.82) is 0 Å². The molecule has 3 heterocycles. The predicted octanol–water partition coefficient (Wildman–Crippen LogP) is 2.97. The van der Waals surface area contributed by atoms with E-state index in [9.17, 15) is 0 Å². The summed E-state index contributed by atoms with van der Waals surface area (Å²) < 4.78 is 4.20. The van der Waals surface area contributed by atoms with Crippen LogP contribution in [0.1, 0.15) is 29.0 Å². The van der Waals surface area contributed by atoms with Crippen molar-refractivity contribution in [2.45, 2.75) is 33.7 Å². The van der Waals surface area contributed by atoms with Gasteiger partial charge in [-0.05, 0) is 20.3 Å². The van der Waals surface area contributed by atoms with Crippen molar-refractivity contribution < 1.29 is 0 Å². The van der Waals surface area contributed by atoms with Gasteiger partial charge in [-0.15, -0.1) is 11.3 Å². The third kappa shape index (κ3) is 2.51. The number of hydrogen-bond acceptors (Lipinski definition) is 4. The Balaban J connectivity index is 1.95. The number of nitrogens with zero attached hydrogens (tertiary/aromatic N) is 5. The van der Waals surface area contributed by atoms with Gasteiger partial charge in [-0.25, -0.2) is 15.0 Å². The lowest BCUT2D eigenvalue weighted by molar-refractivity contribution is 0.773. The number of imidazole rings is 2. The molecule has 0 radical (unpaired) electrons. The minimum Gasteiger partial charge on any atom is -0.329 e. The highest BCUT2D eigenvalue weighted by Crippen LogP contribution is 2.21. The van der Waals surface area contributed by atoms with Crippen LogP contribution in [0.4, 0.5) is 0 Å². The van der Waals surface area contributed by atoms with Gasteiger partial charge in [0.1, 0.15) is 5.01 Å². The molecule has 0 atom stereocenters. The Morgan fingerprint density at radius 2 is 2.00 bits per heavy atom. The van der Waals surface area contributed by atoms with Crippen molar-refractivity contribution in [1.82, 2.24) is 24.1 Å². The Morgan fingerprint density at radius 3 is 2.62 bits per heavy atom. The Labute approximate surface area is 128 Å². The molecule has 0 unspecified atom stereocenters. The maximum atomic E-state index is 4.64. The van der Waals surface area contributed by atoms with Gasteiger partial charge in [-0.2, -0.15) is 0 Å². The molecule has 6 heteroatoms. The van der Waals surface area contributed by atoms with Crippen LogP contribution < -0.4 is 0 Å². The molecule has 0 spiro atoms. The summed E-state index contributed by atoms with van der Waals surface area (Å²) in [4.78, 5) is 13.7. The topological polar surface area (TPSA) is 48.5 Å². The largest absolute Gasteiger partial charge is 0.329 e. The summed E-state index contributed by atoms with van der Waals surface area (Å²) in [6.45, 7) is 6.97. The zero-order chi connectivity index (χ0) is 15.0. The molecule has 110 valence electrons. The van der Waals surface area contributed by atoms with Crippen LogP contribution in [0.25, 0.3) is 11.6 Å². The molecule has 0 aromatic carbocycles. The van der Waals surface area contributed by atoms with Gasteiger partial charge < -0.3 is 9.13 Å². The first kappa shape index (κ1) is 14.0. The van der Waals surface area contributed by atoms with E-state index in [4.69, 9.17) is 0 Å². The zero-order valence-corrected chi connectivity index (χ0v) is 13.6. The smallest absolute Gasteiger partial charge is 0.176 e. The van der Waals surface area contributed by atoms with Gasteiger partial charge >= 0.3 is 0 Å². The molecule has 0 fully saturated rings. The summed E-state index contributed by atoms with van der Waals surface area (Å²) in [5.41, 5.74) is 3.37. The third-order valence-corrected chi connectivity index (χ3v) is 4.68. The van der Waals surface area contributed by atoms with Gasteiger partial charge in [-0.1, -0.05) is 6.92 Å². The lowest BCUT2D eigenvalue weighted by Gasteiger charge is -2.06. The predicted molar refractivity (Wildman–Crippen MR) is 84.5 cm³/mol. The van der Waals surface area contributed by atoms with Crippen LogP contribution in [0.5, 0.6) is 0 Å². The second-order valence-electron chi connectivity index (χ2n) is 5.13. The summed E-state index contributed by atoms with van der Waals surface area (Å²) in [6.07, 6.45) is 4.79. The second-order valence-corrected chi connectivity index (χ2v) is 6.07. The highest BCUT2D eigenvalue weighted by molar-refractivity contribution is 7.09. The van der Waals surface area contributed by atoms with Crippen LogP contribution in [-0.2, 0) is 20.0 Å². The normalized spacial score (nSPS) is 11.2. The quantitative estimate of drug-likeness (QED) is 0.744. The molecule has 21 heavy (non-hydrogen) atoms. The summed E-state index contributed by atoms with van der Waals surface area (Å²) in [5, 5.41) is 3.23. The first-order chi connectivity index (χ1) is 10.1. The van der Waals surface area contributed by atoms with E-state index >= 15 is 0 Å². The first-order valence-electron chi connectivity index (χ1n) is 7.04. The van der Waals surface area contributed by atoms with E-state index in [0.29, 0.717) is 0 Å². The van der Waals surface area contributed by atoms with Crippen molar-refractivity contribution in [3.63, 3.8) is 0 Å². The standard InChI is InChI=1S/C15H19N5S/c1-5-12-9-21-13(18-12)8-20-7-6-16-14(20)15-17-10(2)11(3)19(15)4/h6-7,9H,5,8H2,1-4H3. The molecule has 0 aliphatic carbocycles. The van der Waals surface area contributed by atoms with Gasteiger partial charge in [0.15, 0.2) is 11.6 Å². The van der Waals surface area contributed by atoms with Crippen molar-refractivity contribution in [2.75, 3.05) is 0 Å². The summed E-state index contributed by atoms with van der Waals surface area (Å²) in [6, 6.07) is 0. The van der Waals surface area contributed by atoms with Crippen LogP contribution in [0.3, 0.4) is 0 Å². The van der Waals surface area contributed by atoms with Gasteiger partial charge in [0.2, 0.25) is 0 Å². The maximum absolute atomic E-state index is 4.64. The van der Waals surface area contributed by atoms with Gasteiger partial charge in [0.25, 0.3) is 0 Å². The van der Waals surface area contributed by atoms with Crippen LogP contribution in [0, 0.1) is 13.8 Å². The monoisotopic (exact) mass is 301 g/mol. The fourth-order valence-electron chi connectivity index (χ4n) is 2.29. The summed E-state index contributed by atoms with van der Waals surface area (Å²) >= 11 is 1.70. The lowest BCUT2D eigenvalue weighted by atomic mass is 10.4. The minimum absolute atomic E-state index is 0.741. The summed E-state index contributed by atoms with van der Waals surface area (Å²) in [7, 11) is 2.03. The van der Waals surface area contributed by atoms with Crippen LogP contribution >= 0.6 is 11.3 Å². The van der Waals surface area contributed by atoms with E-state index in [1.165, 1.54) is 5.69 Å². The van der Waals surface area contributed by atoms with Crippen molar-refractivity contribution in [3.8, 4) is 11.6 Å². The molecule has 0 saturated carbocycles. The molecule has 0 amide bonds. The van der Waals surface area contributed by atoms with Crippen molar-refractivity contribution in [2.24, 2.45) is 7.05 Å². The van der Waals surface area contributed by atoms with Gasteiger partial charge in [-0.3, -0.25) is 0 Å². The minimum atomic E-state index is 0.741. The number of aromatic nitrogens is 5. The maximum Gasteiger partial charge on any atom is 0.176 e. The average molecular weight is 301 g/mol. The molecule has 3 aromatic rings. The molecular weight excluding hydrogens is 282 g/mol. The molecular formula is C15H19N5S. The molecule has 5 nitrogen and oxygen atoms in total. The van der Waals surface area contributed by atoms with Crippen LogP contribution in [0.15, 0.2) is 17.8 Å². The van der Waals surface area contributed by atoms with E-state index in [0.717, 1.165) is 41.0 Å². The molecule has 0 aliphatic heterocycles. The first-order valence-corrected chi connectivity index (χ1v) is 7.92. The number of aryl methyl sites for hydroxylation is 2. The molecule has 0 bridgehead atoms.